The van der Waals surface area contributed by atoms with Crippen LogP contribution in [0.2, 0.25) is 0 Å². The fourth-order valence-corrected chi connectivity index (χ4v) is 10.7. The van der Waals surface area contributed by atoms with Gasteiger partial charge in [-0.15, -0.1) is 0 Å². The summed E-state index contributed by atoms with van der Waals surface area (Å²) >= 11 is 0. The lowest BCUT2D eigenvalue weighted by molar-refractivity contribution is -0.161. The van der Waals surface area contributed by atoms with Crippen molar-refractivity contribution in [1.29, 1.82) is 0 Å². The number of aliphatic hydroxyl groups is 1. The van der Waals surface area contributed by atoms with Crippen LogP contribution in [-0.4, -0.2) is 96.7 Å². The maximum absolute atomic E-state index is 13.0. The van der Waals surface area contributed by atoms with Gasteiger partial charge in [0.15, 0.2) is 12.2 Å². The summed E-state index contributed by atoms with van der Waals surface area (Å²) in [5.41, 5.74) is 0. The molecule has 3 unspecified atom stereocenters. The fraction of sp³-hybridized carbons (Fsp3) is 0.935. The molecule has 81 heavy (non-hydrogen) atoms. The van der Waals surface area contributed by atoms with Gasteiger partial charge in [0, 0.05) is 25.7 Å². The summed E-state index contributed by atoms with van der Waals surface area (Å²) in [6, 6.07) is 0. The molecule has 0 spiro atoms. The summed E-state index contributed by atoms with van der Waals surface area (Å²) in [4.78, 5) is 72.0. The summed E-state index contributed by atoms with van der Waals surface area (Å²) in [6.45, 7) is 9.40. The molecule has 0 aromatic carbocycles. The van der Waals surface area contributed by atoms with Crippen LogP contribution in [-0.2, 0) is 65.4 Å². The first-order chi connectivity index (χ1) is 38.9. The molecule has 0 rings (SSSR count). The van der Waals surface area contributed by atoms with Gasteiger partial charge in [0.2, 0.25) is 0 Å². The molecular formula is C62H120O17P2. The summed E-state index contributed by atoms with van der Waals surface area (Å²) in [6.07, 6.45) is 36.3. The van der Waals surface area contributed by atoms with Gasteiger partial charge < -0.3 is 33.8 Å². The molecule has 0 radical (unpaired) electrons. The number of rotatable bonds is 61. The largest absolute Gasteiger partial charge is 0.472 e. The predicted molar refractivity (Wildman–Crippen MR) is 321 cm³/mol. The molecule has 0 bridgehead atoms. The summed E-state index contributed by atoms with van der Waals surface area (Å²) in [5, 5.41) is 10.5. The molecule has 0 aromatic rings. The number of ether oxygens (including phenoxy) is 4. The van der Waals surface area contributed by atoms with E-state index in [-0.39, 0.29) is 25.7 Å². The van der Waals surface area contributed by atoms with E-state index in [4.69, 9.17) is 37.0 Å². The SMILES string of the molecule is CCCCCCCCCCCCC(=O)O[C@H](COC(=O)CCCCCCCCC)COP(=O)(O)OC[C@H](O)COP(=O)(O)OC[C@@H](COC(=O)CCCCCCCCCC(C)C)OC(=O)CCCCCCCCCCCCC(C)CC. The highest BCUT2D eigenvalue weighted by atomic mass is 31.2. The van der Waals surface area contributed by atoms with Gasteiger partial charge >= 0.3 is 39.5 Å². The molecule has 480 valence electrons. The molecule has 19 heteroatoms. The number of hydrogen-bond donors (Lipinski definition) is 3. The molecule has 6 atom stereocenters. The summed E-state index contributed by atoms with van der Waals surface area (Å²) in [7, 11) is -9.88. The Balaban J connectivity index is 5.22. The van der Waals surface area contributed by atoms with Crippen molar-refractivity contribution in [2.24, 2.45) is 11.8 Å². The van der Waals surface area contributed by atoms with E-state index in [0.717, 1.165) is 115 Å². The monoisotopic (exact) mass is 1200 g/mol. The maximum Gasteiger partial charge on any atom is 0.472 e. The number of phosphoric ester groups is 2. The molecule has 17 nitrogen and oxygen atoms in total. The lowest BCUT2D eigenvalue weighted by Gasteiger charge is -2.21. The topological polar surface area (TPSA) is 237 Å². The van der Waals surface area contributed by atoms with Crippen molar-refractivity contribution < 1.29 is 80.2 Å². The molecule has 0 amide bonds. The lowest BCUT2D eigenvalue weighted by Crippen LogP contribution is -2.30. The first kappa shape index (κ1) is 79.1. The Morgan fingerprint density at radius 1 is 0.358 bits per heavy atom. The second-order valence-electron chi connectivity index (χ2n) is 23.2. The molecule has 0 heterocycles. The normalized spacial score (nSPS) is 14.7. The zero-order valence-electron chi connectivity index (χ0n) is 52.1. The number of unbranched alkanes of at least 4 members (excludes halogenated alkanes) is 30. The van der Waals surface area contributed by atoms with E-state index in [9.17, 15) is 43.2 Å². The number of carbonyl (C=O) groups is 4. The minimum Gasteiger partial charge on any atom is -0.462 e. The van der Waals surface area contributed by atoms with E-state index in [1.807, 2.05) is 0 Å². The van der Waals surface area contributed by atoms with Crippen molar-refractivity contribution in [2.75, 3.05) is 39.6 Å². The van der Waals surface area contributed by atoms with Crippen molar-refractivity contribution in [1.82, 2.24) is 0 Å². The minimum atomic E-state index is -4.94. The van der Waals surface area contributed by atoms with E-state index in [2.05, 4.69) is 41.5 Å². The van der Waals surface area contributed by atoms with Crippen LogP contribution in [0.15, 0.2) is 0 Å². The van der Waals surface area contributed by atoms with Gasteiger partial charge in [0.25, 0.3) is 0 Å². The van der Waals surface area contributed by atoms with Crippen molar-refractivity contribution in [3.05, 3.63) is 0 Å². The molecular weight excluding hydrogens is 1080 g/mol. The van der Waals surface area contributed by atoms with Gasteiger partial charge in [0.05, 0.1) is 26.4 Å². The number of esters is 4. The second kappa shape index (κ2) is 54.7. The summed E-state index contributed by atoms with van der Waals surface area (Å²) in [5.74, 6) is -0.634. The third kappa shape index (κ3) is 55.7. The number of carbonyl (C=O) groups excluding carboxylic acids is 4. The van der Waals surface area contributed by atoms with E-state index < -0.39 is 97.5 Å². The number of phosphoric acid groups is 2. The predicted octanol–water partition coefficient (Wildman–Crippen LogP) is 16.9. The Morgan fingerprint density at radius 2 is 0.630 bits per heavy atom. The number of aliphatic hydroxyl groups excluding tert-OH is 1. The molecule has 0 saturated heterocycles. The van der Waals surface area contributed by atoms with Crippen LogP contribution in [0.25, 0.3) is 0 Å². The van der Waals surface area contributed by atoms with Gasteiger partial charge in [-0.1, -0.05) is 253 Å². The van der Waals surface area contributed by atoms with E-state index >= 15 is 0 Å². The number of hydrogen-bond acceptors (Lipinski definition) is 15. The first-order valence-electron chi connectivity index (χ1n) is 32.5. The first-order valence-corrected chi connectivity index (χ1v) is 35.5. The second-order valence-corrected chi connectivity index (χ2v) is 26.1. The van der Waals surface area contributed by atoms with Crippen LogP contribution >= 0.6 is 15.6 Å². The van der Waals surface area contributed by atoms with E-state index in [1.54, 1.807) is 0 Å². The molecule has 0 aliphatic rings. The fourth-order valence-electron chi connectivity index (χ4n) is 9.15. The Labute approximate surface area is 492 Å². The standard InChI is InChI=1S/C62H120O17P2/c1-7-10-12-14-16-17-21-27-34-40-46-61(66)78-57(50-72-59(64)44-38-32-24-15-13-11-8-2)52-76-80(68,69)74-48-56(63)49-75-81(70,71)77-53-58(51-73-60(65)45-39-33-29-23-25-30-36-42-54(4)5)79-62(67)47-41-35-28-22-19-18-20-26-31-37-43-55(6)9-3/h54-58,63H,7-53H2,1-6H3,(H,68,69)(H,70,71)/t55?,56-,57+,58+/m0/s1. The van der Waals surface area contributed by atoms with Crippen LogP contribution in [0, 0.1) is 11.8 Å². The Bertz CT molecular complexity index is 1600. The van der Waals surface area contributed by atoms with Crippen LogP contribution < -0.4 is 0 Å². The van der Waals surface area contributed by atoms with Crippen molar-refractivity contribution in [2.45, 2.75) is 323 Å². The van der Waals surface area contributed by atoms with Gasteiger partial charge in [-0.05, 0) is 37.5 Å². The Kier molecular flexibility index (Phi) is 53.4. The smallest absolute Gasteiger partial charge is 0.462 e. The average molecular weight is 1200 g/mol. The van der Waals surface area contributed by atoms with Crippen molar-refractivity contribution >= 4 is 39.5 Å². The van der Waals surface area contributed by atoms with Crippen LogP contribution in [0.5, 0.6) is 0 Å². The lowest BCUT2D eigenvalue weighted by atomic mass is 9.99. The molecule has 3 N–H and O–H groups in total. The van der Waals surface area contributed by atoms with Crippen LogP contribution in [0.1, 0.15) is 305 Å². The van der Waals surface area contributed by atoms with Gasteiger partial charge in [-0.25, -0.2) is 9.13 Å². The maximum atomic E-state index is 13.0. The highest BCUT2D eigenvalue weighted by molar-refractivity contribution is 7.47. The molecule has 0 aromatic heterocycles. The van der Waals surface area contributed by atoms with Gasteiger partial charge in [-0.2, -0.15) is 0 Å². The molecule has 0 saturated carbocycles. The van der Waals surface area contributed by atoms with E-state index in [1.165, 1.54) is 103 Å². The molecule has 0 aliphatic carbocycles. The minimum absolute atomic E-state index is 0.105. The van der Waals surface area contributed by atoms with Crippen molar-refractivity contribution in [3.63, 3.8) is 0 Å². The van der Waals surface area contributed by atoms with E-state index in [0.29, 0.717) is 31.6 Å². The highest BCUT2D eigenvalue weighted by Gasteiger charge is 2.30. The summed E-state index contributed by atoms with van der Waals surface area (Å²) < 4.78 is 67.8. The van der Waals surface area contributed by atoms with Crippen LogP contribution in [0.4, 0.5) is 0 Å². The Morgan fingerprint density at radius 3 is 0.938 bits per heavy atom. The zero-order valence-corrected chi connectivity index (χ0v) is 53.9. The van der Waals surface area contributed by atoms with Gasteiger partial charge in [0.1, 0.15) is 19.3 Å². The third-order valence-corrected chi connectivity index (χ3v) is 16.5. The van der Waals surface area contributed by atoms with Crippen molar-refractivity contribution in [3.8, 4) is 0 Å². The third-order valence-electron chi connectivity index (χ3n) is 14.6. The average Bonchev–Trinajstić information content (AvgIpc) is 3.43. The molecule has 0 fully saturated rings. The van der Waals surface area contributed by atoms with Gasteiger partial charge in [-0.3, -0.25) is 37.3 Å². The molecule has 0 aliphatic heterocycles. The zero-order chi connectivity index (χ0) is 60.1. The quantitative estimate of drug-likeness (QED) is 0.0222. The van der Waals surface area contributed by atoms with Crippen LogP contribution in [0.3, 0.4) is 0 Å². The Hall–Kier alpha value is -1.94. The highest BCUT2D eigenvalue weighted by Crippen LogP contribution is 2.45.